The van der Waals surface area contributed by atoms with Crippen molar-refractivity contribution in [2.45, 2.75) is 32.9 Å². The van der Waals surface area contributed by atoms with Crippen molar-refractivity contribution in [1.82, 2.24) is 29.6 Å². The third kappa shape index (κ3) is 4.39. The van der Waals surface area contributed by atoms with E-state index in [0.29, 0.717) is 47.7 Å². The van der Waals surface area contributed by atoms with Gasteiger partial charge in [-0.1, -0.05) is 17.4 Å². The van der Waals surface area contributed by atoms with E-state index in [9.17, 15) is 9.59 Å². The molecule has 11 nitrogen and oxygen atoms in total. The van der Waals surface area contributed by atoms with Gasteiger partial charge in [0, 0.05) is 23.9 Å². The van der Waals surface area contributed by atoms with E-state index < -0.39 is 6.03 Å². The van der Waals surface area contributed by atoms with Crippen LogP contribution < -0.4 is 10.6 Å². The van der Waals surface area contributed by atoms with E-state index in [1.807, 2.05) is 24.5 Å². The molecule has 2 N–H and O–H groups in total. The van der Waals surface area contributed by atoms with Crippen LogP contribution in [0, 0.1) is 0 Å². The normalized spacial score (nSPS) is 13.1. The number of thiazole rings is 1. The maximum Gasteiger partial charge on any atom is 0.326 e. The van der Waals surface area contributed by atoms with Gasteiger partial charge in [0.2, 0.25) is 0 Å². The van der Waals surface area contributed by atoms with Crippen LogP contribution in [0.1, 0.15) is 41.0 Å². The second-order valence-electron chi connectivity index (χ2n) is 7.99. The summed E-state index contributed by atoms with van der Waals surface area (Å²) < 4.78 is 7.13. The quantitative estimate of drug-likeness (QED) is 0.446. The van der Waals surface area contributed by atoms with Gasteiger partial charge < -0.3 is 13.9 Å². The molecule has 0 atom stereocenters. The number of aromatic nitrogens is 5. The lowest BCUT2D eigenvalue weighted by Crippen LogP contribution is -2.35. The summed E-state index contributed by atoms with van der Waals surface area (Å²) in [6.45, 7) is 5.03. The van der Waals surface area contributed by atoms with Gasteiger partial charge in [-0.2, -0.15) is 0 Å². The third-order valence-corrected chi connectivity index (χ3v) is 6.32. The Bertz CT molecular complexity index is 1330. The van der Waals surface area contributed by atoms with Gasteiger partial charge in [-0.05, 0) is 38.1 Å². The summed E-state index contributed by atoms with van der Waals surface area (Å²) in [6, 6.07) is 8.37. The number of nitrogens with one attached hydrogen (secondary N) is 2. The Morgan fingerprint density at radius 3 is 2.82 bits per heavy atom. The Morgan fingerprint density at radius 2 is 2.03 bits per heavy atom. The molecule has 0 aromatic carbocycles. The Morgan fingerprint density at radius 1 is 1.15 bits per heavy atom. The zero-order valence-corrected chi connectivity index (χ0v) is 19.4. The van der Waals surface area contributed by atoms with E-state index in [1.165, 1.54) is 17.6 Å². The van der Waals surface area contributed by atoms with Gasteiger partial charge >= 0.3 is 6.03 Å². The number of hydrogen-bond donors (Lipinski definition) is 2. The van der Waals surface area contributed by atoms with Crippen LogP contribution in [0.3, 0.4) is 0 Å². The second kappa shape index (κ2) is 9.06. The number of rotatable bonds is 5. The van der Waals surface area contributed by atoms with Crippen molar-refractivity contribution < 1.29 is 14.0 Å². The molecule has 0 spiro atoms. The molecule has 0 unspecified atom stereocenters. The first-order valence-electron chi connectivity index (χ1n) is 10.7. The first-order valence-corrected chi connectivity index (χ1v) is 11.6. The van der Waals surface area contributed by atoms with Crippen LogP contribution in [0.2, 0.25) is 0 Å². The zero-order chi connectivity index (χ0) is 23.7. The number of carbonyl (C=O) groups excluding carboxylic acids is 2. The Labute approximate surface area is 198 Å². The van der Waals surface area contributed by atoms with Crippen LogP contribution in [-0.2, 0) is 13.0 Å². The molecule has 4 aromatic rings. The minimum atomic E-state index is -0.454. The molecule has 0 radical (unpaired) electrons. The van der Waals surface area contributed by atoms with Gasteiger partial charge in [-0.15, -0.1) is 10.2 Å². The van der Waals surface area contributed by atoms with E-state index in [4.69, 9.17) is 4.42 Å². The molecule has 4 aromatic heterocycles. The van der Waals surface area contributed by atoms with Crippen LogP contribution in [0.4, 0.5) is 15.7 Å². The van der Waals surface area contributed by atoms with E-state index in [2.05, 4.69) is 30.8 Å². The lowest BCUT2D eigenvalue weighted by Gasteiger charge is -2.25. The van der Waals surface area contributed by atoms with Crippen LogP contribution in [0.5, 0.6) is 0 Å². The number of nitrogens with zero attached hydrogens (tertiary/aromatic N) is 6. The third-order valence-electron chi connectivity index (χ3n) is 5.32. The number of hydrogen-bond acceptors (Lipinski definition) is 8. The van der Waals surface area contributed by atoms with Crippen LogP contribution in [0.25, 0.3) is 11.5 Å². The topological polar surface area (TPSA) is 131 Å². The first kappa shape index (κ1) is 21.8. The minimum Gasteiger partial charge on any atom is -0.459 e. The predicted molar refractivity (Wildman–Crippen MR) is 126 cm³/mol. The van der Waals surface area contributed by atoms with Gasteiger partial charge in [0.1, 0.15) is 17.8 Å². The monoisotopic (exact) mass is 478 g/mol. The fourth-order valence-corrected chi connectivity index (χ4v) is 4.67. The van der Waals surface area contributed by atoms with Gasteiger partial charge in [0.15, 0.2) is 16.7 Å². The second-order valence-corrected chi connectivity index (χ2v) is 9.07. The highest BCUT2D eigenvalue weighted by Gasteiger charge is 2.26. The molecule has 0 bridgehead atoms. The summed E-state index contributed by atoms with van der Waals surface area (Å²) in [5.74, 6) is 1.16. The van der Waals surface area contributed by atoms with Crippen molar-refractivity contribution in [3.63, 3.8) is 0 Å². The largest absolute Gasteiger partial charge is 0.459 e. The van der Waals surface area contributed by atoms with Crippen LogP contribution >= 0.6 is 11.3 Å². The zero-order valence-electron chi connectivity index (χ0n) is 18.6. The van der Waals surface area contributed by atoms with Crippen molar-refractivity contribution in [3.8, 4) is 11.5 Å². The molecule has 5 rings (SSSR count). The van der Waals surface area contributed by atoms with Crippen LogP contribution in [-0.4, -0.2) is 48.1 Å². The summed E-state index contributed by atoms with van der Waals surface area (Å²) >= 11 is 1.35. The summed E-state index contributed by atoms with van der Waals surface area (Å²) in [7, 11) is 0. The minimum absolute atomic E-state index is 0.157. The number of carbonyl (C=O) groups is 2. The van der Waals surface area contributed by atoms with Crippen molar-refractivity contribution in [2.24, 2.45) is 0 Å². The first-order chi connectivity index (χ1) is 16.5. The number of anilines is 2. The molecule has 174 valence electrons. The van der Waals surface area contributed by atoms with Gasteiger partial charge in [-0.3, -0.25) is 15.4 Å². The molecule has 34 heavy (non-hydrogen) atoms. The van der Waals surface area contributed by atoms with Crippen molar-refractivity contribution in [2.75, 3.05) is 17.2 Å². The van der Waals surface area contributed by atoms with Gasteiger partial charge in [0.25, 0.3) is 5.91 Å². The summed E-state index contributed by atoms with van der Waals surface area (Å²) in [5, 5.41) is 14.1. The highest BCUT2D eigenvalue weighted by atomic mass is 32.1. The Kier molecular flexibility index (Phi) is 5.80. The molecule has 0 saturated carbocycles. The van der Waals surface area contributed by atoms with E-state index in [-0.39, 0.29) is 11.9 Å². The number of fused-ring (bicyclic) bond motifs is 1. The van der Waals surface area contributed by atoms with Gasteiger partial charge in [-0.25, -0.2) is 14.8 Å². The number of furan rings is 1. The lowest BCUT2D eigenvalue weighted by molar-refractivity contribution is 0.0704. The molecule has 0 fully saturated rings. The number of amides is 3. The van der Waals surface area contributed by atoms with E-state index in [1.54, 1.807) is 35.5 Å². The van der Waals surface area contributed by atoms with Crippen molar-refractivity contribution in [3.05, 3.63) is 59.3 Å². The standard InChI is InChI=1S/C22H22N8O3S/c1-13(2)30-12-23-28-19(30)15-5-3-7-18(24-15)26-21(32)27-22-25-14-8-9-29(11-17(14)34-22)20(31)16-6-4-10-33-16/h3-7,10,12-13H,8-9,11H2,1-2H3,(H2,24,25,26,27,32). The van der Waals surface area contributed by atoms with Gasteiger partial charge in [0.05, 0.1) is 18.5 Å². The molecule has 1 aliphatic rings. The molecule has 0 aliphatic carbocycles. The highest BCUT2D eigenvalue weighted by Crippen LogP contribution is 2.29. The predicted octanol–water partition coefficient (Wildman–Crippen LogP) is 3.81. The number of urea groups is 1. The molecule has 1 aliphatic heterocycles. The summed E-state index contributed by atoms with van der Waals surface area (Å²) in [5.41, 5.74) is 1.49. The number of pyridine rings is 1. The van der Waals surface area contributed by atoms with E-state index in [0.717, 1.165) is 10.6 Å². The molecular formula is C22H22N8O3S. The average Bonchev–Trinajstić information content (AvgIpc) is 3.58. The lowest BCUT2D eigenvalue weighted by atomic mass is 10.1. The SMILES string of the molecule is CC(C)n1cnnc1-c1cccc(NC(=O)Nc2nc3c(s2)CN(C(=O)c2ccco2)CC3)n1. The van der Waals surface area contributed by atoms with Crippen LogP contribution in [0.15, 0.2) is 47.3 Å². The van der Waals surface area contributed by atoms with Crippen molar-refractivity contribution >= 4 is 34.2 Å². The van der Waals surface area contributed by atoms with Crippen molar-refractivity contribution in [1.29, 1.82) is 0 Å². The van der Waals surface area contributed by atoms with E-state index >= 15 is 0 Å². The molecule has 3 amide bonds. The highest BCUT2D eigenvalue weighted by molar-refractivity contribution is 7.15. The Hall–Kier alpha value is -4.06. The molecule has 0 saturated heterocycles. The maximum absolute atomic E-state index is 12.6. The fourth-order valence-electron chi connectivity index (χ4n) is 3.66. The summed E-state index contributed by atoms with van der Waals surface area (Å²) in [4.78, 5) is 36.8. The molecule has 5 heterocycles. The molecular weight excluding hydrogens is 456 g/mol. The maximum atomic E-state index is 12.6. The Balaban J connectivity index is 1.24. The average molecular weight is 479 g/mol. The molecule has 12 heteroatoms. The fraction of sp³-hybridized carbons (Fsp3) is 0.273. The smallest absolute Gasteiger partial charge is 0.326 e. The summed E-state index contributed by atoms with van der Waals surface area (Å²) in [6.07, 6.45) is 3.75.